The Balaban J connectivity index is 0.000000207. The van der Waals surface area contributed by atoms with Crippen molar-refractivity contribution in [3.63, 3.8) is 0 Å². The van der Waals surface area contributed by atoms with Gasteiger partial charge in [-0.05, 0) is 48.9 Å². The van der Waals surface area contributed by atoms with E-state index in [0.29, 0.717) is 0 Å². The minimum Gasteiger partial charge on any atom is -0.164 e. The topological polar surface area (TPSA) is 0 Å². The van der Waals surface area contributed by atoms with Crippen molar-refractivity contribution in [2.24, 2.45) is 0 Å². The van der Waals surface area contributed by atoms with E-state index >= 15 is 0 Å². The molecule has 0 saturated heterocycles. The summed E-state index contributed by atoms with van der Waals surface area (Å²) < 4.78 is 0. The number of aryl methyl sites for hydroxylation is 4. The number of rotatable bonds is 6. The first kappa shape index (κ1) is 33.7. The van der Waals surface area contributed by atoms with E-state index < -0.39 is 0 Å². The minimum absolute atomic E-state index is 0. The van der Waals surface area contributed by atoms with E-state index in [9.17, 15) is 0 Å². The Morgan fingerprint density at radius 3 is 1.24 bits per heavy atom. The van der Waals surface area contributed by atoms with Gasteiger partial charge in [0.25, 0.3) is 0 Å². The van der Waals surface area contributed by atoms with Crippen molar-refractivity contribution in [1.29, 1.82) is 0 Å². The fraction of sp³-hybridized carbons (Fsp3) is 0.250. The molecule has 0 N–H and O–H groups in total. The van der Waals surface area contributed by atoms with Gasteiger partial charge in [-0.15, -0.1) is 69.1 Å². The Morgan fingerprint density at radius 1 is 0.524 bits per heavy atom. The summed E-state index contributed by atoms with van der Waals surface area (Å²) in [6.07, 6.45) is 4.75. The maximum absolute atomic E-state index is 2.36. The van der Waals surface area contributed by atoms with Gasteiger partial charge in [0, 0.05) is 9.52 Å². The smallest absolute Gasteiger partial charge is 0.164 e. The number of fused-ring (bicyclic) bond motifs is 2. The summed E-state index contributed by atoms with van der Waals surface area (Å²) in [5, 5.41) is 5.51. The number of hydrogen-bond donors (Lipinski definition) is 0. The second-order valence-corrected chi connectivity index (χ2v) is 12.0. The quantitative estimate of drug-likeness (QED) is 0.125. The molecule has 0 unspecified atom stereocenters. The van der Waals surface area contributed by atoms with Crippen LogP contribution in [0.4, 0.5) is 0 Å². The van der Waals surface area contributed by atoms with Crippen molar-refractivity contribution in [1.82, 2.24) is 0 Å². The Labute approximate surface area is 275 Å². The molecule has 6 rings (SSSR count). The van der Waals surface area contributed by atoms with Crippen LogP contribution in [0.3, 0.4) is 0 Å². The molecule has 0 bridgehead atoms. The monoisotopic (exact) mass is 642 g/mol. The van der Waals surface area contributed by atoms with Gasteiger partial charge < -0.3 is 0 Å². The second-order valence-electron chi connectivity index (χ2n) is 11.0. The van der Waals surface area contributed by atoms with Crippen LogP contribution in [0.5, 0.6) is 0 Å². The third-order valence-electron chi connectivity index (χ3n) is 7.57. The van der Waals surface area contributed by atoms with Crippen LogP contribution >= 0.6 is 0 Å². The van der Waals surface area contributed by atoms with Crippen LogP contribution in [0.25, 0.3) is 43.8 Å². The fourth-order valence-corrected chi connectivity index (χ4v) is 5.68. The van der Waals surface area contributed by atoms with Crippen molar-refractivity contribution in [3.8, 4) is 22.3 Å². The molecule has 0 aliphatic heterocycles. The molecule has 6 aromatic carbocycles. The summed E-state index contributed by atoms with van der Waals surface area (Å²) in [4.78, 5) is 0. The molecule has 42 heavy (non-hydrogen) atoms. The van der Waals surface area contributed by atoms with Gasteiger partial charge in [0.05, 0.1) is 0 Å². The summed E-state index contributed by atoms with van der Waals surface area (Å²) >= 11 is 0. The molecule has 6 aromatic rings. The first-order valence-electron chi connectivity index (χ1n) is 15.1. The van der Waals surface area contributed by atoms with Crippen molar-refractivity contribution in [3.05, 3.63) is 131 Å². The standard InChI is InChI=1S/2C19H19.C2H6Si.Zr/c2*1-3-7-15-12-16-9-6-11-18(19(16)13-15)17-10-5-4-8-14(17)2;1-3-2;/h2*4-6,8-13H,3,7H2,1-2H3;1-2H3;/q2*-1;;+2. The molecular weight excluding hydrogens is 600 g/mol. The van der Waals surface area contributed by atoms with Crippen LogP contribution in [-0.2, 0) is 39.0 Å². The van der Waals surface area contributed by atoms with Gasteiger partial charge in [0.1, 0.15) is 0 Å². The van der Waals surface area contributed by atoms with E-state index in [0.717, 1.165) is 9.52 Å². The van der Waals surface area contributed by atoms with Crippen molar-refractivity contribution < 1.29 is 26.2 Å². The van der Waals surface area contributed by atoms with E-state index in [4.69, 9.17) is 0 Å². The Bertz CT molecular complexity index is 1560. The molecule has 2 radical (unpaired) electrons. The van der Waals surface area contributed by atoms with Gasteiger partial charge in [-0.2, -0.15) is 12.1 Å². The van der Waals surface area contributed by atoms with Crippen LogP contribution in [0.15, 0.2) is 109 Å². The Hall–Kier alpha value is -2.80. The number of benzene rings is 4. The molecule has 0 aliphatic carbocycles. The van der Waals surface area contributed by atoms with E-state index in [2.05, 4.69) is 150 Å². The van der Waals surface area contributed by atoms with Crippen LogP contribution in [0.1, 0.15) is 48.9 Å². The third kappa shape index (κ3) is 8.18. The first-order chi connectivity index (χ1) is 20.0. The molecule has 0 aliphatic rings. The fourth-order valence-electron chi connectivity index (χ4n) is 5.68. The van der Waals surface area contributed by atoms with Crippen LogP contribution in [0.2, 0.25) is 13.1 Å². The Morgan fingerprint density at radius 2 is 0.881 bits per heavy atom. The van der Waals surface area contributed by atoms with Gasteiger partial charge in [0.15, 0.2) is 0 Å². The SMILES string of the molecule is CCCc1cc2c(-c3ccccc3C)cccc2[cH-]1.CCCc1cc2c(-c3ccccc3C)cccc2[cH-]1.C[Si]C.[Zr+2]. The molecule has 0 atom stereocenters. The summed E-state index contributed by atoms with van der Waals surface area (Å²) in [6.45, 7) is 13.1. The van der Waals surface area contributed by atoms with E-state index in [-0.39, 0.29) is 26.2 Å². The maximum atomic E-state index is 2.36. The number of hydrogen-bond acceptors (Lipinski definition) is 0. The zero-order chi connectivity index (χ0) is 29.2. The summed E-state index contributed by atoms with van der Waals surface area (Å²) in [7, 11) is 1.08. The Kier molecular flexibility index (Phi) is 13.4. The molecule has 0 nitrogen and oxygen atoms in total. The zero-order valence-electron chi connectivity index (χ0n) is 26.2. The van der Waals surface area contributed by atoms with Crippen molar-refractivity contribution in [2.45, 2.75) is 66.5 Å². The molecule has 212 valence electrons. The van der Waals surface area contributed by atoms with Gasteiger partial charge >= 0.3 is 26.2 Å². The molecule has 0 saturated carbocycles. The summed E-state index contributed by atoms with van der Waals surface area (Å²) in [5.74, 6) is 0. The van der Waals surface area contributed by atoms with Crippen molar-refractivity contribution in [2.75, 3.05) is 0 Å². The molecule has 0 fully saturated rings. The maximum Gasteiger partial charge on any atom is 2.00 e. The van der Waals surface area contributed by atoms with Gasteiger partial charge in [0.2, 0.25) is 0 Å². The van der Waals surface area contributed by atoms with Crippen LogP contribution < -0.4 is 0 Å². The summed E-state index contributed by atoms with van der Waals surface area (Å²) in [5.41, 5.74) is 11.0. The van der Waals surface area contributed by atoms with E-state index in [1.807, 2.05) is 0 Å². The average molecular weight is 644 g/mol. The third-order valence-corrected chi connectivity index (χ3v) is 7.57. The minimum atomic E-state index is 0. The van der Waals surface area contributed by atoms with Gasteiger partial charge in [-0.25, -0.2) is 0 Å². The average Bonchev–Trinajstić information content (AvgIpc) is 3.58. The van der Waals surface area contributed by atoms with E-state index in [1.165, 1.54) is 91.7 Å². The zero-order valence-corrected chi connectivity index (χ0v) is 29.7. The largest absolute Gasteiger partial charge is 2.00 e. The van der Waals surface area contributed by atoms with Gasteiger partial charge in [-0.1, -0.05) is 112 Å². The predicted octanol–water partition coefficient (Wildman–Crippen LogP) is 11.8. The first-order valence-corrected chi connectivity index (χ1v) is 17.1. The molecule has 0 spiro atoms. The molecule has 2 heteroatoms. The van der Waals surface area contributed by atoms with Crippen LogP contribution in [-0.4, -0.2) is 9.52 Å². The normalized spacial score (nSPS) is 10.4. The molecule has 0 aromatic heterocycles. The van der Waals surface area contributed by atoms with Crippen molar-refractivity contribution >= 4 is 31.1 Å². The van der Waals surface area contributed by atoms with Gasteiger partial charge in [-0.3, -0.25) is 0 Å². The second kappa shape index (κ2) is 16.7. The van der Waals surface area contributed by atoms with E-state index in [1.54, 1.807) is 0 Å². The molecular formula is C40H44SiZr. The van der Waals surface area contributed by atoms with Crippen LogP contribution in [0, 0.1) is 13.8 Å². The molecule has 0 amide bonds. The molecule has 0 heterocycles. The predicted molar refractivity (Wildman–Crippen MR) is 185 cm³/mol. The summed E-state index contributed by atoms with van der Waals surface area (Å²) in [6, 6.07) is 39.9.